The molecule has 1 aromatic carbocycles. The Bertz CT molecular complexity index is 503. The standard InChI is InChI=1S/C12H13ClN2S/c13-9-4-5-11-10(8-9)14-12(16-11)15-6-2-1-3-7-15/h4-5,8H,1-3,6-7H2. The van der Waals surface area contributed by atoms with Crippen molar-refractivity contribution in [2.24, 2.45) is 0 Å². The van der Waals surface area contributed by atoms with Crippen LogP contribution in [0.2, 0.25) is 5.02 Å². The van der Waals surface area contributed by atoms with E-state index in [1.54, 1.807) is 11.3 Å². The first-order valence-corrected chi connectivity index (χ1v) is 6.83. The van der Waals surface area contributed by atoms with Crippen LogP contribution >= 0.6 is 22.9 Å². The van der Waals surface area contributed by atoms with E-state index >= 15 is 0 Å². The highest BCUT2D eigenvalue weighted by Crippen LogP contribution is 2.31. The van der Waals surface area contributed by atoms with Crippen LogP contribution in [0.25, 0.3) is 10.2 Å². The summed E-state index contributed by atoms with van der Waals surface area (Å²) in [5.74, 6) is 0. The molecule has 2 heterocycles. The van der Waals surface area contributed by atoms with Crippen LogP contribution < -0.4 is 4.90 Å². The van der Waals surface area contributed by atoms with E-state index in [0.29, 0.717) is 0 Å². The lowest BCUT2D eigenvalue weighted by Crippen LogP contribution is -2.29. The summed E-state index contributed by atoms with van der Waals surface area (Å²) >= 11 is 7.73. The summed E-state index contributed by atoms with van der Waals surface area (Å²) in [6.45, 7) is 2.29. The third-order valence-corrected chi connectivity index (χ3v) is 4.30. The molecule has 0 unspecified atom stereocenters. The largest absolute Gasteiger partial charge is 0.348 e. The number of anilines is 1. The maximum absolute atomic E-state index is 5.96. The van der Waals surface area contributed by atoms with E-state index < -0.39 is 0 Å². The van der Waals surface area contributed by atoms with Gasteiger partial charge in [0.25, 0.3) is 0 Å². The summed E-state index contributed by atoms with van der Waals surface area (Å²) in [5, 5.41) is 1.92. The second kappa shape index (κ2) is 4.22. The Labute approximate surface area is 104 Å². The summed E-state index contributed by atoms with van der Waals surface area (Å²) in [7, 11) is 0. The predicted molar refractivity (Wildman–Crippen MR) is 70.7 cm³/mol. The summed E-state index contributed by atoms with van der Waals surface area (Å²) in [4.78, 5) is 7.05. The Hall–Kier alpha value is -0.800. The van der Waals surface area contributed by atoms with Crippen LogP contribution in [0.15, 0.2) is 18.2 Å². The molecule has 0 N–H and O–H groups in total. The van der Waals surface area contributed by atoms with Crippen molar-refractivity contribution in [2.75, 3.05) is 18.0 Å². The van der Waals surface area contributed by atoms with Gasteiger partial charge in [-0.3, -0.25) is 0 Å². The number of rotatable bonds is 1. The highest BCUT2D eigenvalue weighted by molar-refractivity contribution is 7.22. The molecule has 2 nitrogen and oxygen atoms in total. The van der Waals surface area contributed by atoms with Crippen LogP contribution in [0.1, 0.15) is 19.3 Å². The number of thiazole rings is 1. The number of fused-ring (bicyclic) bond motifs is 1. The molecule has 2 aromatic rings. The Balaban J connectivity index is 1.97. The molecule has 4 heteroatoms. The van der Waals surface area contributed by atoms with Crippen LogP contribution in [-0.4, -0.2) is 18.1 Å². The molecule has 0 radical (unpaired) electrons. The van der Waals surface area contributed by atoms with Gasteiger partial charge < -0.3 is 4.90 Å². The lowest BCUT2D eigenvalue weighted by molar-refractivity contribution is 0.577. The molecule has 0 saturated carbocycles. The molecule has 1 aliphatic rings. The van der Waals surface area contributed by atoms with Gasteiger partial charge in [0.05, 0.1) is 10.2 Å². The second-order valence-electron chi connectivity index (χ2n) is 4.16. The monoisotopic (exact) mass is 252 g/mol. The van der Waals surface area contributed by atoms with E-state index in [1.165, 1.54) is 24.0 Å². The minimum atomic E-state index is 0.767. The van der Waals surface area contributed by atoms with Gasteiger partial charge in [-0.2, -0.15) is 0 Å². The molecule has 0 bridgehead atoms. The number of piperidine rings is 1. The number of benzene rings is 1. The van der Waals surface area contributed by atoms with Crippen molar-refractivity contribution in [1.82, 2.24) is 4.98 Å². The van der Waals surface area contributed by atoms with Crippen molar-refractivity contribution in [2.45, 2.75) is 19.3 Å². The fraction of sp³-hybridized carbons (Fsp3) is 0.417. The van der Waals surface area contributed by atoms with Gasteiger partial charge in [0, 0.05) is 18.1 Å². The smallest absolute Gasteiger partial charge is 0.186 e. The zero-order valence-corrected chi connectivity index (χ0v) is 10.5. The molecular formula is C12H13ClN2S. The van der Waals surface area contributed by atoms with Crippen LogP contribution in [0.5, 0.6) is 0 Å². The number of halogens is 1. The molecule has 1 saturated heterocycles. The average molecular weight is 253 g/mol. The van der Waals surface area contributed by atoms with Gasteiger partial charge in [-0.25, -0.2) is 4.98 Å². The zero-order chi connectivity index (χ0) is 11.0. The molecule has 84 valence electrons. The molecular weight excluding hydrogens is 240 g/mol. The fourth-order valence-electron chi connectivity index (χ4n) is 2.11. The zero-order valence-electron chi connectivity index (χ0n) is 8.95. The lowest BCUT2D eigenvalue weighted by Gasteiger charge is -2.25. The van der Waals surface area contributed by atoms with Crippen LogP contribution in [0.3, 0.4) is 0 Å². The Morgan fingerprint density at radius 3 is 2.81 bits per heavy atom. The predicted octanol–water partition coefficient (Wildman–Crippen LogP) is 3.94. The molecule has 1 fully saturated rings. The SMILES string of the molecule is Clc1ccc2sc(N3CCCCC3)nc2c1. The van der Waals surface area contributed by atoms with E-state index in [0.717, 1.165) is 28.8 Å². The molecule has 0 atom stereocenters. The summed E-state index contributed by atoms with van der Waals surface area (Å²) in [6, 6.07) is 5.94. The Morgan fingerprint density at radius 1 is 1.19 bits per heavy atom. The molecule has 0 spiro atoms. The van der Waals surface area contributed by atoms with Crippen LogP contribution in [0.4, 0.5) is 5.13 Å². The number of hydrogen-bond donors (Lipinski definition) is 0. The number of aromatic nitrogens is 1. The molecule has 1 aliphatic heterocycles. The maximum Gasteiger partial charge on any atom is 0.186 e. The van der Waals surface area contributed by atoms with Gasteiger partial charge in [-0.1, -0.05) is 22.9 Å². The van der Waals surface area contributed by atoms with E-state index in [2.05, 4.69) is 16.0 Å². The fourth-order valence-corrected chi connectivity index (χ4v) is 3.27. The van der Waals surface area contributed by atoms with Gasteiger partial charge in [0.1, 0.15) is 0 Å². The van der Waals surface area contributed by atoms with Gasteiger partial charge in [0.2, 0.25) is 0 Å². The summed E-state index contributed by atoms with van der Waals surface area (Å²) in [5.41, 5.74) is 1.03. The third-order valence-electron chi connectivity index (χ3n) is 2.96. The normalized spacial score (nSPS) is 16.9. The second-order valence-corrected chi connectivity index (χ2v) is 5.60. The molecule has 0 amide bonds. The van der Waals surface area contributed by atoms with Crippen LogP contribution in [-0.2, 0) is 0 Å². The number of hydrogen-bond acceptors (Lipinski definition) is 3. The topological polar surface area (TPSA) is 16.1 Å². The molecule has 0 aliphatic carbocycles. The van der Waals surface area contributed by atoms with Crippen molar-refractivity contribution >= 4 is 38.3 Å². The third kappa shape index (κ3) is 1.89. The molecule has 16 heavy (non-hydrogen) atoms. The van der Waals surface area contributed by atoms with Crippen molar-refractivity contribution in [3.8, 4) is 0 Å². The lowest BCUT2D eigenvalue weighted by atomic mass is 10.1. The van der Waals surface area contributed by atoms with E-state index in [-0.39, 0.29) is 0 Å². The maximum atomic E-state index is 5.96. The van der Waals surface area contributed by atoms with Crippen molar-refractivity contribution in [3.05, 3.63) is 23.2 Å². The van der Waals surface area contributed by atoms with Crippen molar-refractivity contribution in [1.29, 1.82) is 0 Å². The minimum Gasteiger partial charge on any atom is -0.348 e. The Kier molecular flexibility index (Phi) is 2.74. The molecule has 3 rings (SSSR count). The molecule has 1 aromatic heterocycles. The first-order chi connectivity index (χ1) is 7.83. The van der Waals surface area contributed by atoms with Gasteiger partial charge in [0.15, 0.2) is 5.13 Å². The van der Waals surface area contributed by atoms with Gasteiger partial charge >= 0.3 is 0 Å². The van der Waals surface area contributed by atoms with Gasteiger partial charge in [-0.15, -0.1) is 0 Å². The van der Waals surface area contributed by atoms with Crippen LogP contribution in [0, 0.1) is 0 Å². The summed E-state index contributed by atoms with van der Waals surface area (Å²) < 4.78 is 1.23. The minimum absolute atomic E-state index is 0.767. The van der Waals surface area contributed by atoms with Gasteiger partial charge in [-0.05, 0) is 37.5 Å². The van der Waals surface area contributed by atoms with E-state index in [4.69, 9.17) is 11.6 Å². The summed E-state index contributed by atoms with van der Waals surface area (Å²) in [6.07, 6.45) is 3.93. The average Bonchev–Trinajstić information content (AvgIpc) is 2.73. The first-order valence-electron chi connectivity index (χ1n) is 5.64. The first kappa shape index (κ1) is 10.4. The Morgan fingerprint density at radius 2 is 2.00 bits per heavy atom. The highest BCUT2D eigenvalue weighted by atomic mass is 35.5. The van der Waals surface area contributed by atoms with Crippen molar-refractivity contribution < 1.29 is 0 Å². The van der Waals surface area contributed by atoms with Crippen molar-refractivity contribution in [3.63, 3.8) is 0 Å². The highest BCUT2D eigenvalue weighted by Gasteiger charge is 2.14. The number of nitrogens with zero attached hydrogens (tertiary/aromatic N) is 2. The quantitative estimate of drug-likeness (QED) is 0.764. The van der Waals surface area contributed by atoms with E-state index in [9.17, 15) is 0 Å². The van der Waals surface area contributed by atoms with E-state index in [1.807, 2.05) is 12.1 Å².